The van der Waals surface area contributed by atoms with Crippen LogP contribution in [0.15, 0.2) is 29.4 Å². The first-order chi connectivity index (χ1) is 8.13. The number of rotatable bonds is 4. The number of carbonyl (C=O) groups is 1. The van der Waals surface area contributed by atoms with Crippen LogP contribution in [0.2, 0.25) is 0 Å². The molecule has 0 aliphatic carbocycles. The lowest BCUT2D eigenvalue weighted by atomic mass is 10.3. The van der Waals surface area contributed by atoms with Gasteiger partial charge < -0.3 is 10.3 Å². The molecule has 1 aromatic heterocycles. The van der Waals surface area contributed by atoms with Crippen molar-refractivity contribution in [2.45, 2.75) is 30.8 Å². The first-order valence-corrected chi connectivity index (χ1v) is 6.42. The van der Waals surface area contributed by atoms with Crippen molar-refractivity contribution in [1.29, 1.82) is 0 Å². The van der Waals surface area contributed by atoms with E-state index in [0.29, 0.717) is 0 Å². The second-order valence-electron chi connectivity index (χ2n) is 3.79. The number of benzene rings is 1. The average molecular weight is 249 g/mol. The summed E-state index contributed by atoms with van der Waals surface area (Å²) in [7, 11) is 0. The Bertz CT molecular complexity index is 550. The molecule has 0 aliphatic heterocycles. The summed E-state index contributed by atoms with van der Waals surface area (Å²) >= 11 is 1.41. The lowest BCUT2D eigenvalue weighted by molar-refractivity contribution is -0.117. The first-order valence-electron chi connectivity index (χ1n) is 5.54. The Labute approximate surface area is 104 Å². The maximum Gasteiger partial charge on any atom is 0.230 e. The van der Waals surface area contributed by atoms with E-state index in [-0.39, 0.29) is 11.2 Å². The largest absolute Gasteiger partial charge is 0.369 e. The number of para-hydroxylation sites is 2. The van der Waals surface area contributed by atoms with Crippen molar-refractivity contribution < 1.29 is 4.79 Å². The Morgan fingerprint density at radius 3 is 2.88 bits per heavy atom. The van der Waals surface area contributed by atoms with E-state index in [1.165, 1.54) is 11.8 Å². The Morgan fingerprint density at radius 2 is 2.24 bits per heavy atom. The van der Waals surface area contributed by atoms with Gasteiger partial charge >= 0.3 is 0 Å². The number of amides is 1. The molecule has 0 saturated carbocycles. The Kier molecular flexibility index (Phi) is 3.38. The molecule has 1 heterocycles. The van der Waals surface area contributed by atoms with Crippen LogP contribution in [0.5, 0.6) is 0 Å². The highest BCUT2D eigenvalue weighted by Crippen LogP contribution is 2.26. The number of aromatic nitrogens is 2. The van der Waals surface area contributed by atoms with Crippen LogP contribution >= 0.6 is 11.8 Å². The van der Waals surface area contributed by atoms with Crippen molar-refractivity contribution in [3.8, 4) is 0 Å². The predicted octanol–water partition coefficient (Wildman–Crippen LogP) is 2.02. The van der Waals surface area contributed by atoms with Crippen LogP contribution in [0, 0.1) is 0 Å². The SMILES string of the molecule is CCn1c(S[C@H](C)C(N)=O)nc2ccccc21. The summed E-state index contributed by atoms with van der Waals surface area (Å²) in [4.78, 5) is 15.6. The molecule has 90 valence electrons. The molecule has 1 atom stereocenters. The highest BCUT2D eigenvalue weighted by Gasteiger charge is 2.16. The molecule has 0 fully saturated rings. The van der Waals surface area contributed by atoms with Crippen LogP contribution in [-0.4, -0.2) is 20.7 Å². The normalized spacial score (nSPS) is 12.8. The zero-order valence-corrected chi connectivity index (χ0v) is 10.7. The number of nitrogens with two attached hydrogens (primary N) is 1. The second kappa shape index (κ2) is 4.79. The molecule has 0 saturated heterocycles. The molecule has 2 aromatic rings. The van der Waals surface area contributed by atoms with Gasteiger partial charge in [-0.05, 0) is 26.0 Å². The lowest BCUT2D eigenvalue weighted by Crippen LogP contribution is -2.23. The van der Waals surface area contributed by atoms with Gasteiger partial charge in [0.25, 0.3) is 0 Å². The molecule has 1 amide bonds. The Balaban J connectivity index is 2.43. The number of imidazole rings is 1. The second-order valence-corrected chi connectivity index (χ2v) is 5.10. The van der Waals surface area contributed by atoms with Gasteiger partial charge in [0.15, 0.2) is 5.16 Å². The number of nitrogens with zero attached hydrogens (tertiary/aromatic N) is 2. The zero-order chi connectivity index (χ0) is 12.4. The number of hydrogen-bond acceptors (Lipinski definition) is 3. The van der Waals surface area contributed by atoms with Crippen molar-refractivity contribution in [1.82, 2.24) is 9.55 Å². The highest BCUT2D eigenvalue weighted by molar-refractivity contribution is 8.00. The van der Waals surface area contributed by atoms with Gasteiger partial charge in [0.1, 0.15) is 0 Å². The van der Waals surface area contributed by atoms with Crippen molar-refractivity contribution in [2.75, 3.05) is 0 Å². The topological polar surface area (TPSA) is 60.9 Å². The van der Waals surface area contributed by atoms with E-state index in [9.17, 15) is 4.79 Å². The van der Waals surface area contributed by atoms with Crippen molar-refractivity contribution in [3.05, 3.63) is 24.3 Å². The molecule has 4 nitrogen and oxygen atoms in total. The predicted molar refractivity (Wildman–Crippen MR) is 69.9 cm³/mol. The van der Waals surface area contributed by atoms with Gasteiger partial charge in [0, 0.05) is 6.54 Å². The number of primary amides is 1. The summed E-state index contributed by atoms with van der Waals surface area (Å²) < 4.78 is 2.10. The van der Waals surface area contributed by atoms with Gasteiger partial charge in [-0.1, -0.05) is 23.9 Å². The van der Waals surface area contributed by atoms with E-state index in [1.807, 2.05) is 24.3 Å². The first kappa shape index (κ1) is 12.0. The van der Waals surface area contributed by atoms with Crippen LogP contribution in [0.25, 0.3) is 11.0 Å². The van der Waals surface area contributed by atoms with Crippen LogP contribution in [0.1, 0.15) is 13.8 Å². The summed E-state index contributed by atoms with van der Waals surface area (Å²) in [5, 5.41) is 0.581. The van der Waals surface area contributed by atoms with Gasteiger partial charge in [-0.2, -0.15) is 0 Å². The molecule has 1 aromatic carbocycles. The van der Waals surface area contributed by atoms with Crippen LogP contribution in [-0.2, 0) is 11.3 Å². The summed E-state index contributed by atoms with van der Waals surface area (Å²) in [5.74, 6) is -0.315. The molecule has 0 aliphatic rings. The lowest BCUT2D eigenvalue weighted by Gasteiger charge is -2.08. The average Bonchev–Trinajstić information content (AvgIpc) is 2.65. The minimum Gasteiger partial charge on any atom is -0.369 e. The molecule has 17 heavy (non-hydrogen) atoms. The molecule has 0 radical (unpaired) electrons. The summed E-state index contributed by atoms with van der Waals surface area (Å²) in [6.07, 6.45) is 0. The quantitative estimate of drug-likeness (QED) is 0.843. The van der Waals surface area contributed by atoms with E-state index in [4.69, 9.17) is 5.73 Å². The van der Waals surface area contributed by atoms with Gasteiger partial charge in [-0.15, -0.1) is 0 Å². The van der Waals surface area contributed by atoms with E-state index in [2.05, 4.69) is 16.5 Å². The monoisotopic (exact) mass is 249 g/mol. The standard InChI is InChI=1S/C12H15N3OS/c1-3-15-10-7-5-4-6-9(10)14-12(15)17-8(2)11(13)16/h4-8H,3H2,1-2H3,(H2,13,16)/t8-/m1/s1. The van der Waals surface area contributed by atoms with Crippen molar-refractivity contribution in [2.24, 2.45) is 5.73 Å². The van der Waals surface area contributed by atoms with E-state index < -0.39 is 0 Å². The number of hydrogen-bond donors (Lipinski definition) is 1. The smallest absolute Gasteiger partial charge is 0.230 e. The highest BCUT2D eigenvalue weighted by atomic mass is 32.2. The van der Waals surface area contributed by atoms with Crippen LogP contribution < -0.4 is 5.73 Å². The molecule has 0 spiro atoms. The fourth-order valence-corrected chi connectivity index (χ4v) is 2.60. The minimum atomic E-state index is -0.315. The summed E-state index contributed by atoms with van der Waals surface area (Å²) in [6, 6.07) is 7.95. The number of thioether (sulfide) groups is 1. The third kappa shape index (κ3) is 2.29. The van der Waals surface area contributed by atoms with E-state index >= 15 is 0 Å². The third-order valence-electron chi connectivity index (χ3n) is 2.62. The number of fused-ring (bicyclic) bond motifs is 1. The van der Waals surface area contributed by atoms with Crippen molar-refractivity contribution >= 4 is 28.7 Å². The van der Waals surface area contributed by atoms with Crippen molar-refractivity contribution in [3.63, 3.8) is 0 Å². The van der Waals surface area contributed by atoms with Gasteiger partial charge in [0.05, 0.1) is 16.3 Å². The van der Waals surface area contributed by atoms with Gasteiger partial charge in [0.2, 0.25) is 5.91 Å². The number of aryl methyl sites for hydroxylation is 1. The molecular weight excluding hydrogens is 234 g/mol. The third-order valence-corrected chi connectivity index (χ3v) is 3.73. The van der Waals surface area contributed by atoms with E-state index in [1.54, 1.807) is 6.92 Å². The Hall–Kier alpha value is -1.49. The maximum atomic E-state index is 11.1. The molecule has 0 unspecified atom stereocenters. The van der Waals surface area contributed by atoms with Gasteiger partial charge in [-0.25, -0.2) is 4.98 Å². The molecular formula is C12H15N3OS. The fourth-order valence-electron chi connectivity index (χ4n) is 1.67. The Morgan fingerprint density at radius 1 is 1.53 bits per heavy atom. The molecule has 2 rings (SSSR count). The van der Waals surface area contributed by atoms with Crippen LogP contribution in [0.4, 0.5) is 0 Å². The zero-order valence-electron chi connectivity index (χ0n) is 9.88. The summed E-state index contributed by atoms with van der Waals surface area (Å²) in [6.45, 7) is 4.69. The molecule has 2 N–H and O–H groups in total. The van der Waals surface area contributed by atoms with Gasteiger partial charge in [-0.3, -0.25) is 4.79 Å². The maximum absolute atomic E-state index is 11.1. The molecule has 5 heteroatoms. The fraction of sp³-hybridized carbons (Fsp3) is 0.333. The minimum absolute atomic E-state index is 0.267. The number of carbonyl (C=O) groups excluding carboxylic acids is 1. The van der Waals surface area contributed by atoms with E-state index in [0.717, 1.165) is 22.7 Å². The summed E-state index contributed by atoms with van der Waals surface area (Å²) in [5.41, 5.74) is 7.32. The molecule has 0 bridgehead atoms. The van der Waals surface area contributed by atoms with Crippen LogP contribution in [0.3, 0.4) is 0 Å².